The standard InChI is InChI=1S/C9H17NO8S/c1-8(2)17-7-6(12)5(11)3-15-9(7,18-8)4-16-19(10,13)14/h5-7,11-12H,3-4H2,1-2H3,(H2,10,13,14)/t5-,6-,7?,9+/m1/s1. The highest BCUT2D eigenvalue weighted by Gasteiger charge is 2.61. The Balaban J connectivity index is 2.23. The fraction of sp³-hybridized carbons (Fsp3) is 1.00. The van der Waals surface area contributed by atoms with E-state index in [9.17, 15) is 18.6 Å². The molecule has 0 aromatic rings. The lowest BCUT2D eigenvalue weighted by Crippen LogP contribution is -2.61. The molecule has 0 saturated carbocycles. The second kappa shape index (κ2) is 4.60. The number of hydrogen-bond donors (Lipinski definition) is 3. The zero-order chi connectivity index (χ0) is 14.5. The first-order valence-electron chi connectivity index (χ1n) is 5.60. The maximum Gasteiger partial charge on any atom is 0.333 e. The van der Waals surface area contributed by atoms with E-state index < -0.39 is 46.8 Å². The fourth-order valence-electron chi connectivity index (χ4n) is 2.18. The van der Waals surface area contributed by atoms with Crippen molar-refractivity contribution < 1.29 is 37.0 Å². The number of aliphatic hydroxyl groups is 2. The summed E-state index contributed by atoms with van der Waals surface area (Å²) in [6, 6.07) is 0. The summed E-state index contributed by atoms with van der Waals surface area (Å²) in [5, 5.41) is 24.2. The third-order valence-corrected chi connectivity index (χ3v) is 3.34. The maximum atomic E-state index is 10.9. The monoisotopic (exact) mass is 299 g/mol. The molecule has 1 unspecified atom stereocenters. The average molecular weight is 299 g/mol. The van der Waals surface area contributed by atoms with E-state index in [1.807, 2.05) is 0 Å². The summed E-state index contributed by atoms with van der Waals surface area (Å²) in [6.45, 7) is 2.30. The minimum atomic E-state index is -4.20. The van der Waals surface area contributed by atoms with Gasteiger partial charge in [0.1, 0.15) is 24.9 Å². The highest BCUT2D eigenvalue weighted by Crippen LogP contribution is 2.42. The maximum absolute atomic E-state index is 10.9. The van der Waals surface area contributed by atoms with Gasteiger partial charge in [-0.2, -0.15) is 8.42 Å². The Labute approximate surface area is 110 Å². The molecule has 2 fully saturated rings. The topological polar surface area (TPSA) is 138 Å². The van der Waals surface area contributed by atoms with Gasteiger partial charge in [0.25, 0.3) is 0 Å². The lowest BCUT2D eigenvalue weighted by atomic mass is 9.98. The van der Waals surface area contributed by atoms with E-state index in [-0.39, 0.29) is 6.61 Å². The van der Waals surface area contributed by atoms with Crippen LogP contribution in [0.1, 0.15) is 13.8 Å². The predicted octanol–water partition coefficient (Wildman–Crippen LogP) is -2.19. The number of aliphatic hydroxyl groups excluding tert-OH is 2. The van der Waals surface area contributed by atoms with Crippen molar-refractivity contribution in [2.45, 2.75) is 43.7 Å². The van der Waals surface area contributed by atoms with Crippen LogP contribution in [0.15, 0.2) is 0 Å². The number of fused-ring (bicyclic) bond motifs is 1. The lowest BCUT2D eigenvalue weighted by molar-refractivity contribution is -0.301. The van der Waals surface area contributed by atoms with Crippen molar-refractivity contribution in [1.29, 1.82) is 0 Å². The van der Waals surface area contributed by atoms with Crippen LogP contribution in [-0.2, 0) is 28.7 Å². The smallest absolute Gasteiger partial charge is 0.333 e. The molecule has 112 valence electrons. The molecule has 0 spiro atoms. The van der Waals surface area contributed by atoms with Crippen LogP contribution in [-0.4, -0.2) is 61.7 Å². The highest BCUT2D eigenvalue weighted by atomic mass is 32.2. The molecule has 2 rings (SSSR count). The van der Waals surface area contributed by atoms with E-state index in [1.165, 1.54) is 0 Å². The number of hydrogen-bond acceptors (Lipinski definition) is 8. The molecule has 0 aliphatic carbocycles. The molecule has 0 bridgehead atoms. The fourth-order valence-corrected chi connectivity index (χ4v) is 2.51. The van der Waals surface area contributed by atoms with Crippen LogP contribution in [0.3, 0.4) is 0 Å². The van der Waals surface area contributed by atoms with Gasteiger partial charge in [-0.25, -0.2) is 5.14 Å². The van der Waals surface area contributed by atoms with Crippen LogP contribution in [0.4, 0.5) is 0 Å². The van der Waals surface area contributed by atoms with Crippen LogP contribution >= 0.6 is 0 Å². The van der Waals surface area contributed by atoms with Gasteiger partial charge in [0, 0.05) is 0 Å². The van der Waals surface area contributed by atoms with Crippen molar-refractivity contribution in [3.8, 4) is 0 Å². The van der Waals surface area contributed by atoms with Gasteiger partial charge in [0.05, 0.1) is 6.61 Å². The Hall–Kier alpha value is -0.330. The van der Waals surface area contributed by atoms with Crippen molar-refractivity contribution in [3.63, 3.8) is 0 Å². The zero-order valence-electron chi connectivity index (χ0n) is 10.5. The van der Waals surface area contributed by atoms with E-state index in [0.29, 0.717) is 0 Å². The van der Waals surface area contributed by atoms with Gasteiger partial charge in [-0.05, 0) is 13.8 Å². The van der Waals surface area contributed by atoms with Gasteiger partial charge in [-0.15, -0.1) is 0 Å². The van der Waals surface area contributed by atoms with E-state index in [0.717, 1.165) is 0 Å². The van der Waals surface area contributed by atoms with Crippen LogP contribution < -0.4 is 5.14 Å². The molecular formula is C9H17NO8S. The van der Waals surface area contributed by atoms with Crippen molar-refractivity contribution in [1.82, 2.24) is 0 Å². The third-order valence-electron chi connectivity index (χ3n) is 2.89. The van der Waals surface area contributed by atoms with Crippen LogP contribution in [0.25, 0.3) is 0 Å². The van der Waals surface area contributed by atoms with Crippen molar-refractivity contribution in [2.75, 3.05) is 13.2 Å². The summed E-state index contributed by atoms with van der Waals surface area (Å²) in [5.41, 5.74) is 0. The summed E-state index contributed by atoms with van der Waals surface area (Å²) in [7, 11) is -4.20. The molecule has 2 aliphatic heterocycles. The molecule has 2 aliphatic rings. The van der Waals surface area contributed by atoms with Gasteiger partial charge in [0.2, 0.25) is 5.79 Å². The number of nitrogens with two attached hydrogens (primary N) is 1. The third kappa shape index (κ3) is 3.06. The quantitative estimate of drug-likeness (QED) is 0.534. The molecular weight excluding hydrogens is 282 g/mol. The van der Waals surface area contributed by atoms with Crippen LogP contribution in [0.5, 0.6) is 0 Å². The Morgan fingerprint density at radius 2 is 2.05 bits per heavy atom. The number of rotatable bonds is 3. The van der Waals surface area contributed by atoms with Gasteiger partial charge in [-0.1, -0.05) is 0 Å². The Bertz CT molecular complexity index is 451. The normalized spacial score (nSPS) is 42.1. The summed E-state index contributed by atoms with van der Waals surface area (Å²) in [5.74, 6) is -2.76. The zero-order valence-corrected chi connectivity index (χ0v) is 11.3. The van der Waals surface area contributed by atoms with Crippen LogP contribution in [0.2, 0.25) is 0 Å². The summed E-state index contributed by atoms with van der Waals surface area (Å²) in [4.78, 5) is 0. The first-order valence-corrected chi connectivity index (χ1v) is 7.07. The van der Waals surface area contributed by atoms with Gasteiger partial charge >= 0.3 is 10.3 Å². The van der Waals surface area contributed by atoms with E-state index in [2.05, 4.69) is 4.18 Å². The van der Waals surface area contributed by atoms with Crippen LogP contribution in [0, 0.1) is 0 Å². The largest absolute Gasteiger partial charge is 0.388 e. The highest BCUT2D eigenvalue weighted by molar-refractivity contribution is 7.84. The lowest BCUT2D eigenvalue weighted by Gasteiger charge is -2.40. The van der Waals surface area contributed by atoms with Gasteiger partial charge < -0.3 is 24.4 Å². The second-order valence-corrected chi connectivity index (χ2v) is 6.20. The summed E-state index contributed by atoms with van der Waals surface area (Å²) in [6.07, 6.45) is -3.54. The SMILES string of the molecule is CC1(C)OC2[C@H](O)[C@H](O)CO[C@@]2(COS(N)(=O)=O)O1. The van der Waals surface area contributed by atoms with Gasteiger partial charge in [-0.3, -0.25) is 4.18 Å². The summed E-state index contributed by atoms with van der Waals surface area (Å²) < 4.78 is 42.4. The molecule has 9 nitrogen and oxygen atoms in total. The molecule has 0 amide bonds. The number of ether oxygens (including phenoxy) is 3. The average Bonchev–Trinajstić information content (AvgIpc) is 2.53. The first-order chi connectivity index (χ1) is 8.55. The molecule has 0 aromatic heterocycles. The summed E-state index contributed by atoms with van der Waals surface area (Å²) >= 11 is 0. The second-order valence-electron chi connectivity index (χ2n) is 4.98. The van der Waals surface area contributed by atoms with Crippen molar-refractivity contribution >= 4 is 10.3 Å². The minimum absolute atomic E-state index is 0.245. The minimum Gasteiger partial charge on any atom is -0.388 e. The molecule has 0 radical (unpaired) electrons. The molecule has 19 heavy (non-hydrogen) atoms. The Morgan fingerprint density at radius 3 is 2.63 bits per heavy atom. The van der Waals surface area contributed by atoms with E-state index >= 15 is 0 Å². The first kappa shape index (κ1) is 15.1. The molecule has 10 heteroatoms. The van der Waals surface area contributed by atoms with Crippen molar-refractivity contribution in [3.05, 3.63) is 0 Å². The van der Waals surface area contributed by atoms with Crippen molar-refractivity contribution in [2.24, 2.45) is 5.14 Å². The molecule has 2 saturated heterocycles. The Morgan fingerprint density at radius 1 is 1.42 bits per heavy atom. The predicted molar refractivity (Wildman–Crippen MR) is 59.8 cm³/mol. The molecule has 2 heterocycles. The molecule has 0 aromatic carbocycles. The molecule has 4 atom stereocenters. The van der Waals surface area contributed by atoms with Gasteiger partial charge in [0.15, 0.2) is 5.79 Å². The van der Waals surface area contributed by atoms with E-state index in [4.69, 9.17) is 19.3 Å². The molecule has 4 N–H and O–H groups in total. The Kier molecular flexibility index (Phi) is 3.65. The van der Waals surface area contributed by atoms with E-state index in [1.54, 1.807) is 13.8 Å².